The molecule has 0 bridgehead atoms. The van der Waals surface area contributed by atoms with Crippen molar-refractivity contribution in [2.24, 2.45) is 0 Å². The van der Waals surface area contributed by atoms with Gasteiger partial charge in [-0.05, 0) is 38.8 Å². The Morgan fingerprint density at radius 1 is 1.31 bits per heavy atom. The molecular formula is C16H18ClN3O6. The van der Waals surface area contributed by atoms with Crippen molar-refractivity contribution in [1.29, 1.82) is 0 Å². The molecule has 0 unspecified atom stereocenters. The first-order valence-electron chi connectivity index (χ1n) is 7.94. The van der Waals surface area contributed by atoms with Gasteiger partial charge in [0, 0.05) is 17.7 Å². The molecule has 1 aliphatic rings. The van der Waals surface area contributed by atoms with Gasteiger partial charge < -0.3 is 15.4 Å². The second kappa shape index (κ2) is 8.13. The van der Waals surface area contributed by atoms with Crippen LogP contribution in [-0.2, 0) is 14.3 Å². The van der Waals surface area contributed by atoms with E-state index in [4.69, 9.17) is 16.3 Å². The number of hydrogen-bond acceptors (Lipinski definition) is 6. The summed E-state index contributed by atoms with van der Waals surface area (Å²) in [5, 5.41) is 15.8. The Balaban J connectivity index is 1.93. The minimum absolute atomic E-state index is 0.0275. The number of hydrogen-bond donors (Lipinski definition) is 2. The second-order valence-electron chi connectivity index (χ2n) is 5.98. The van der Waals surface area contributed by atoms with Gasteiger partial charge in [0.25, 0.3) is 17.5 Å². The lowest BCUT2D eigenvalue weighted by molar-refractivity contribution is -0.384. The third-order valence-corrected chi connectivity index (χ3v) is 4.01. The van der Waals surface area contributed by atoms with Crippen molar-refractivity contribution in [1.82, 2.24) is 10.6 Å². The summed E-state index contributed by atoms with van der Waals surface area (Å²) >= 11 is 5.69. The summed E-state index contributed by atoms with van der Waals surface area (Å²) in [4.78, 5) is 46.1. The van der Waals surface area contributed by atoms with E-state index in [1.807, 2.05) is 0 Å². The summed E-state index contributed by atoms with van der Waals surface area (Å²) in [6, 6.07) is 2.63. The summed E-state index contributed by atoms with van der Waals surface area (Å²) in [6.07, 6.45) is 0.831. The number of nitrogens with one attached hydrogen (secondary N) is 2. The average Bonchev–Trinajstić information content (AvgIpc) is 3.38. The number of nitrogens with zero attached hydrogens (tertiary/aromatic N) is 1. The van der Waals surface area contributed by atoms with Gasteiger partial charge in [0.15, 0.2) is 6.10 Å². The maximum atomic E-state index is 12.2. The molecule has 9 nitrogen and oxygen atoms in total. The molecule has 0 aliphatic heterocycles. The minimum Gasteiger partial charge on any atom is -0.451 e. The molecular weight excluding hydrogens is 366 g/mol. The monoisotopic (exact) mass is 383 g/mol. The number of esters is 1. The number of carbonyl (C=O) groups is 3. The van der Waals surface area contributed by atoms with Crippen LogP contribution in [0, 0.1) is 10.1 Å². The molecule has 2 atom stereocenters. The predicted octanol–water partition coefficient (Wildman–Crippen LogP) is 1.58. The molecule has 2 amide bonds. The van der Waals surface area contributed by atoms with Crippen molar-refractivity contribution in [2.75, 3.05) is 0 Å². The first-order valence-corrected chi connectivity index (χ1v) is 8.32. The zero-order valence-electron chi connectivity index (χ0n) is 14.2. The highest BCUT2D eigenvalue weighted by atomic mass is 35.5. The third-order valence-electron chi connectivity index (χ3n) is 3.69. The summed E-state index contributed by atoms with van der Waals surface area (Å²) < 4.78 is 5.03. The van der Waals surface area contributed by atoms with Crippen LogP contribution in [0.15, 0.2) is 18.2 Å². The smallest absolute Gasteiger partial charge is 0.329 e. The molecule has 0 spiro atoms. The Hall–Kier alpha value is -2.68. The number of halogens is 1. The van der Waals surface area contributed by atoms with Crippen molar-refractivity contribution >= 4 is 35.1 Å². The second-order valence-corrected chi connectivity index (χ2v) is 6.39. The van der Waals surface area contributed by atoms with E-state index in [2.05, 4.69) is 10.6 Å². The largest absolute Gasteiger partial charge is 0.451 e. The fourth-order valence-electron chi connectivity index (χ4n) is 2.01. The number of benzene rings is 1. The Bertz CT molecular complexity index is 750. The average molecular weight is 384 g/mol. The Kier molecular flexibility index (Phi) is 6.14. The van der Waals surface area contributed by atoms with Crippen molar-refractivity contribution in [3.05, 3.63) is 38.9 Å². The van der Waals surface area contributed by atoms with Crippen LogP contribution < -0.4 is 10.6 Å². The SMILES string of the molecule is C[C@H](NC(=O)c1ccc(Cl)c([N+](=O)[O-])c1)C(=O)O[C@H](C)C(=O)NC1CC1. The number of carbonyl (C=O) groups excluding carboxylic acids is 3. The van der Waals surface area contributed by atoms with Crippen molar-refractivity contribution in [2.45, 2.75) is 44.9 Å². The number of rotatable bonds is 7. The zero-order valence-corrected chi connectivity index (χ0v) is 14.9. The van der Waals surface area contributed by atoms with Gasteiger partial charge in [-0.1, -0.05) is 11.6 Å². The molecule has 1 aromatic rings. The third kappa shape index (κ3) is 5.16. The topological polar surface area (TPSA) is 128 Å². The van der Waals surface area contributed by atoms with Gasteiger partial charge >= 0.3 is 5.97 Å². The molecule has 1 aromatic carbocycles. The molecule has 2 rings (SSSR count). The van der Waals surface area contributed by atoms with E-state index >= 15 is 0 Å². The highest BCUT2D eigenvalue weighted by Gasteiger charge is 2.28. The van der Waals surface area contributed by atoms with Crippen molar-refractivity contribution in [3.8, 4) is 0 Å². The van der Waals surface area contributed by atoms with Gasteiger partial charge in [-0.3, -0.25) is 19.7 Å². The first kappa shape index (κ1) is 19.6. The van der Waals surface area contributed by atoms with Gasteiger partial charge in [-0.25, -0.2) is 4.79 Å². The maximum Gasteiger partial charge on any atom is 0.329 e. The van der Waals surface area contributed by atoms with E-state index in [-0.39, 0.29) is 16.6 Å². The number of nitro groups is 1. The molecule has 26 heavy (non-hydrogen) atoms. The molecule has 0 radical (unpaired) electrons. The lowest BCUT2D eigenvalue weighted by Crippen LogP contribution is -2.43. The van der Waals surface area contributed by atoms with Crippen LogP contribution in [-0.4, -0.2) is 40.9 Å². The fourth-order valence-corrected chi connectivity index (χ4v) is 2.20. The highest BCUT2D eigenvalue weighted by Crippen LogP contribution is 2.25. The standard InChI is InChI=1S/C16H18ClN3O6/c1-8(16(23)26-9(2)14(21)19-11-4-5-11)18-15(22)10-3-6-12(17)13(7-10)20(24)25/h3,6-9,11H,4-5H2,1-2H3,(H,18,22)(H,19,21)/t8-,9+/m0/s1. The Morgan fingerprint density at radius 3 is 2.54 bits per heavy atom. The van der Waals surface area contributed by atoms with Crippen LogP contribution in [0.25, 0.3) is 0 Å². The predicted molar refractivity (Wildman–Crippen MR) is 91.8 cm³/mol. The van der Waals surface area contributed by atoms with E-state index in [9.17, 15) is 24.5 Å². The molecule has 2 N–H and O–H groups in total. The van der Waals surface area contributed by atoms with Crippen LogP contribution in [0.4, 0.5) is 5.69 Å². The van der Waals surface area contributed by atoms with Gasteiger partial charge in [-0.2, -0.15) is 0 Å². The van der Waals surface area contributed by atoms with E-state index in [0.717, 1.165) is 18.9 Å². The highest BCUT2D eigenvalue weighted by molar-refractivity contribution is 6.32. The van der Waals surface area contributed by atoms with E-state index in [1.54, 1.807) is 0 Å². The molecule has 10 heteroatoms. The van der Waals surface area contributed by atoms with E-state index < -0.39 is 40.5 Å². The van der Waals surface area contributed by atoms with Crippen LogP contribution in [0.3, 0.4) is 0 Å². The van der Waals surface area contributed by atoms with Gasteiger partial charge in [-0.15, -0.1) is 0 Å². The Morgan fingerprint density at radius 2 is 1.96 bits per heavy atom. The van der Waals surface area contributed by atoms with Crippen molar-refractivity contribution in [3.63, 3.8) is 0 Å². The van der Waals surface area contributed by atoms with E-state index in [1.165, 1.54) is 26.0 Å². The molecule has 0 saturated heterocycles. The van der Waals surface area contributed by atoms with Crippen LogP contribution in [0.5, 0.6) is 0 Å². The van der Waals surface area contributed by atoms with Gasteiger partial charge in [0.05, 0.1) is 4.92 Å². The van der Waals surface area contributed by atoms with Crippen molar-refractivity contribution < 1.29 is 24.0 Å². The maximum absolute atomic E-state index is 12.2. The molecule has 1 aliphatic carbocycles. The number of nitro benzene ring substituents is 1. The minimum atomic E-state index is -1.05. The zero-order chi connectivity index (χ0) is 19.4. The summed E-state index contributed by atoms with van der Waals surface area (Å²) in [5.41, 5.74) is -0.444. The molecule has 1 fully saturated rings. The summed E-state index contributed by atoms with van der Waals surface area (Å²) in [6.45, 7) is 2.82. The Labute approximate surface area is 154 Å². The van der Waals surface area contributed by atoms with Crippen LogP contribution in [0.2, 0.25) is 5.02 Å². The number of ether oxygens (including phenoxy) is 1. The lowest BCUT2D eigenvalue weighted by Gasteiger charge is -2.17. The first-order chi connectivity index (χ1) is 12.2. The number of amides is 2. The molecule has 140 valence electrons. The quantitative estimate of drug-likeness (QED) is 0.418. The molecule has 0 aromatic heterocycles. The summed E-state index contributed by atoms with van der Waals surface area (Å²) in [7, 11) is 0. The normalized spacial score (nSPS) is 15.5. The summed E-state index contributed by atoms with van der Waals surface area (Å²) in [5.74, 6) is -1.89. The molecule has 1 saturated carbocycles. The van der Waals surface area contributed by atoms with Gasteiger partial charge in [0.2, 0.25) is 0 Å². The van der Waals surface area contributed by atoms with Crippen LogP contribution in [0.1, 0.15) is 37.0 Å². The van der Waals surface area contributed by atoms with Crippen LogP contribution >= 0.6 is 11.6 Å². The van der Waals surface area contributed by atoms with E-state index in [0.29, 0.717) is 0 Å². The molecule has 0 heterocycles. The fraction of sp³-hybridized carbons (Fsp3) is 0.438. The van der Waals surface area contributed by atoms with Gasteiger partial charge in [0.1, 0.15) is 11.1 Å². The lowest BCUT2D eigenvalue weighted by atomic mass is 10.1.